The third-order valence-corrected chi connectivity index (χ3v) is 3.08. The first kappa shape index (κ1) is 14.0. The number of ether oxygens (including phenoxy) is 1. The molecule has 0 aliphatic heterocycles. The molecule has 0 fully saturated rings. The summed E-state index contributed by atoms with van der Waals surface area (Å²) < 4.78 is 5.24. The van der Waals surface area contributed by atoms with E-state index in [-0.39, 0.29) is 5.78 Å². The summed E-state index contributed by atoms with van der Waals surface area (Å²) in [4.78, 5) is 24.2. The number of carbonyl (C=O) groups excluding carboxylic acids is 2. The highest BCUT2D eigenvalue weighted by Crippen LogP contribution is 2.12. The van der Waals surface area contributed by atoms with Crippen LogP contribution in [0.2, 0.25) is 0 Å². The predicted molar refractivity (Wildman–Crippen MR) is 76.8 cm³/mol. The number of aryl methyl sites for hydroxylation is 1. The lowest BCUT2D eigenvalue weighted by Gasteiger charge is -2.13. The van der Waals surface area contributed by atoms with Gasteiger partial charge in [-0.25, -0.2) is 4.79 Å². The standard InChI is InChI=1S/C17H16O3/c1-12-8-6-7-11-15(12)17(19)20-13(2)16(18)14-9-4-3-5-10-14/h3-11,13H,1-2H3/t13-/m0/s1. The average molecular weight is 268 g/mol. The first-order valence-electron chi connectivity index (χ1n) is 6.45. The van der Waals surface area contributed by atoms with Gasteiger partial charge < -0.3 is 4.74 Å². The molecule has 0 bridgehead atoms. The molecule has 102 valence electrons. The lowest BCUT2D eigenvalue weighted by Crippen LogP contribution is -2.24. The molecule has 0 unspecified atom stereocenters. The topological polar surface area (TPSA) is 43.4 Å². The van der Waals surface area contributed by atoms with E-state index in [2.05, 4.69) is 0 Å². The number of esters is 1. The van der Waals surface area contributed by atoms with Crippen LogP contribution in [0, 0.1) is 6.92 Å². The Kier molecular flexibility index (Phi) is 4.31. The molecule has 0 N–H and O–H groups in total. The van der Waals surface area contributed by atoms with Crippen LogP contribution in [0.15, 0.2) is 54.6 Å². The average Bonchev–Trinajstić information content (AvgIpc) is 2.47. The van der Waals surface area contributed by atoms with Gasteiger partial charge in [-0.2, -0.15) is 0 Å². The van der Waals surface area contributed by atoms with Crippen LogP contribution in [-0.4, -0.2) is 17.9 Å². The van der Waals surface area contributed by atoms with E-state index >= 15 is 0 Å². The Bertz CT molecular complexity index is 617. The quantitative estimate of drug-likeness (QED) is 0.630. The molecule has 1 atom stereocenters. The third-order valence-electron chi connectivity index (χ3n) is 3.08. The van der Waals surface area contributed by atoms with Crippen LogP contribution < -0.4 is 0 Å². The number of benzene rings is 2. The van der Waals surface area contributed by atoms with Crippen molar-refractivity contribution in [2.24, 2.45) is 0 Å². The van der Waals surface area contributed by atoms with Crippen molar-refractivity contribution in [2.75, 3.05) is 0 Å². The zero-order valence-corrected chi connectivity index (χ0v) is 11.5. The van der Waals surface area contributed by atoms with Gasteiger partial charge in [0.05, 0.1) is 5.56 Å². The molecule has 20 heavy (non-hydrogen) atoms. The van der Waals surface area contributed by atoms with Crippen molar-refractivity contribution in [3.63, 3.8) is 0 Å². The van der Waals surface area contributed by atoms with Crippen LogP contribution in [0.1, 0.15) is 33.2 Å². The van der Waals surface area contributed by atoms with E-state index in [0.717, 1.165) is 5.56 Å². The van der Waals surface area contributed by atoms with E-state index in [0.29, 0.717) is 11.1 Å². The zero-order chi connectivity index (χ0) is 14.5. The Hall–Kier alpha value is -2.42. The maximum Gasteiger partial charge on any atom is 0.339 e. The van der Waals surface area contributed by atoms with Crippen molar-refractivity contribution in [3.05, 3.63) is 71.3 Å². The molecule has 0 saturated carbocycles. The number of ketones is 1. The lowest BCUT2D eigenvalue weighted by atomic mass is 10.1. The van der Waals surface area contributed by atoms with Crippen LogP contribution in [-0.2, 0) is 4.74 Å². The molecule has 0 aliphatic carbocycles. The van der Waals surface area contributed by atoms with Crippen LogP contribution in [0.4, 0.5) is 0 Å². The van der Waals surface area contributed by atoms with Crippen molar-refractivity contribution < 1.29 is 14.3 Å². The van der Waals surface area contributed by atoms with Gasteiger partial charge in [0.2, 0.25) is 5.78 Å². The minimum Gasteiger partial charge on any atom is -0.451 e. The van der Waals surface area contributed by atoms with E-state index in [1.807, 2.05) is 25.1 Å². The Morgan fingerprint density at radius 2 is 1.55 bits per heavy atom. The summed E-state index contributed by atoms with van der Waals surface area (Å²) in [6, 6.07) is 16.0. The largest absolute Gasteiger partial charge is 0.451 e. The van der Waals surface area contributed by atoms with Gasteiger partial charge in [0.15, 0.2) is 6.10 Å². The van der Waals surface area contributed by atoms with Crippen LogP contribution in [0.5, 0.6) is 0 Å². The number of hydrogen-bond donors (Lipinski definition) is 0. The fourth-order valence-corrected chi connectivity index (χ4v) is 1.92. The van der Waals surface area contributed by atoms with Crippen LogP contribution in [0.25, 0.3) is 0 Å². The number of rotatable bonds is 4. The molecule has 0 saturated heterocycles. The van der Waals surface area contributed by atoms with Gasteiger partial charge in [-0.15, -0.1) is 0 Å². The summed E-state index contributed by atoms with van der Waals surface area (Å²) in [6.07, 6.45) is -0.801. The summed E-state index contributed by atoms with van der Waals surface area (Å²) in [5, 5.41) is 0. The molecular formula is C17H16O3. The van der Waals surface area contributed by atoms with Gasteiger partial charge in [-0.3, -0.25) is 4.79 Å². The summed E-state index contributed by atoms with van der Waals surface area (Å²) in [6.45, 7) is 3.42. The Morgan fingerprint density at radius 3 is 2.20 bits per heavy atom. The van der Waals surface area contributed by atoms with Gasteiger partial charge in [-0.1, -0.05) is 48.5 Å². The molecule has 2 rings (SSSR count). The minimum absolute atomic E-state index is 0.201. The number of Topliss-reactive ketones (excluding diaryl/α,β-unsaturated/α-hetero) is 1. The second kappa shape index (κ2) is 6.15. The molecule has 0 aliphatic rings. The SMILES string of the molecule is Cc1ccccc1C(=O)O[C@@H](C)C(=O)c1ccccc1. The molecule has 0 radical (unpaired) electrons. The second-order valence-corrected chi connectivity index (χ2v) is 4.59. The fourth-order valence-electron chi connectivity index (χ4n) is 1.92. The van der Waals surface area contributed by atoms with Gasteiger partial charge in [-0.05, 0) is 25.5 Å². The Balaban J connectivity index is 2.09. The summed E-state index contributed by atoms with van der Waals surface area (Å²) in [5.74, 6) is -0.674. The smallest absolute Gasteiger partial charge is 0.339 e. The highest BCUT2D eigenvalue weighted by molar-refractivity contribution is 6.01. The predicted octanol–water partition coefficient (Wildman–Crippen LogP) is 3.42. The minimum atomic E-state index is -0.801. The maximum absolute atomic E-state index is 12.1. The first-order chi connectivity index (χ1) is 9.59. The molecule has 3 heteroatoms. The maximum atomic E-state index is 12.1. The fraction of sp³-hybridized carbons (Fsp3) is 0.176. The van der Waals surface area contributed by atoms with E-state index in [4.69, 9.17) is 4.74 Å². The summed E-state index contributed by atoms with van der Waals surface area (Å²) in [7, 11) is 0. The zero-order valence-electron chi connectivity index (χ0n) is 11.5. The van der Waals surface area contributed by atoms with E-state index < -0.39 is 12.1 Å². The van der Waals surface area contributed by atoms with Crippen molar-refractivity contribution in [2.45, 2.75) is 20.0 Å². The molecule has 0 heterocycles. The molecule has 0 spiro atoms. The molecule has 0 aromatic heterocycles. The second-order valence-electron chi connectivity index (χ2n) is 4.59. The number of hydrogen-bond acceptors (Lipinski definition) is 3. The van der Waals surface area contributed by atoms with Crippen LogP contribution in [0.3, 0.4) is 0 Å². The van der Waals surface area contributed by atoms with E-state index in [1.54, 1.807) is 43.3 Å². The molecule has 2 aromatic rings. The molecule has 0 amide bonds. The molecule has 3 nitrogen and oxygen atoms in total. The number of carbonyl (C=O) groups is 2. The Labute approximate surface area is 118 Å². The monoisotopic (exact) mass is 268 g/mol. The first-order valence-corrected chi connectivity index (χ1v) is 6.45. The van der Waals surface area contributed by atoms with Gasteiger partial charge >= 0.3 is 5.97 Å². The van der Waals surface area contributed by atoms with Crippen molar-refractivity contribution in [1.29, 1.82) is 0 Å². The van der Waals surface area contributed by atoms with Crippen LogP contribution >= 0.6 is 0 Å². The normalized spacial score (nSPS) is 11.7. The summed E-state index contributed by atoms with van der Waals surface area (Å²) >= 11 is 0. The third kappa shape index (κ3) is 3.12. The highest BCUT2D eigenvalue weighted by Gasteiger charge is 2.20. The van der Waals surface area contributed by atoms with Gasteiger partial charge in [0.1, 0.15) is 0 Å². The highest BCUT2D eigenvalue weighted by atomic mass is 16.5. The van der Waals surface area contributed by atoms with Gasteiger partial charge in [0, 0.05) is 5.56 Å². The molecule has 2 aromatic carbocycles. The van der Waals surface area contributed by atoms with Crippen molar-refractivity contribution in [1.82, 2.24) is 0 Å². The molecular weight excluding hydrogens is 252 g/mol. The van der Waals surface area contributed by atoms with Crippen molar-refractivity contribution >= 4 is 11.8 Å². The van der Waals surface area contributed by atoms with E-state index in [9.17, 15) is 9.59 Å². The van der Waals surface area contributed by atoms with E-state index in [1.165, 1.54) is 0 Å². The lowest BCUT2D eigenvalue weighted by molar-refractivity contribution is 0.0318. The summed E-state index contributed by atoms with van der Waals surface area (Å²) in [5.41, 5.74) is 1.86. The Morgan fingerprint density at radius 1 is 0.950 bits per heavy atom. The van der Waals surface area contributed by atoms with Gasteiger partial charge in [0.25, 0.3) is 0 Å². The van der Waals surface area contributed by atoms with Crippen molar-refractivity contribution in [3.8, 4) is 0 Å².